The second-order valence-electron chi connectivity index (χ2n) is 5.64. The average Bonchev–Trinajstić information content (AvgIpc) is 3.01. The zero-order chi connectivity index (χ0) is 14.8. The zero-order valence-electron chi connectivity index (χ0n) is 12.1. The van der Waals surface area contributed by atoms with E-state index in [-0.39, 0.29) is 11.8 Å². The van der Waals surface area contributed by atoms with Crippen LogP contribution in [-0.4, -0.2) is 31.7 Å². The van der Waals surface area contributed by atoms with E-state index in [4.69, 9.17) is 0 Å². The third-order valence-electron chi connectivity index (χ3n) is 4.00. The predicted molar refractivity (Wildman–Crippen MR) is 80.0 cm³/mol. The number of aryl methyl sites for hydroxylation is 1. The molecule has 0 bridgehead atoms. The van der Waals surface area contributed by atoms with Crippen molar-refractivity contribution < 1.29 is 9.90 Å². The molecule has 3 rings (SSSR count). The van der Waals surface area contributed by atoms with Crippen LogP contribution >= 0.6 is 11.3 Å². The fourth-order valence-electron chi connectivity index (χ4n) is 2.88. The minimum atomic E-state index is -0.894. The summed E-state index contributed by atoms with van der Waals surface area (Å²) < 4.78 is 1.72. The van der Waals surface area contributed by atoms with Crippen LogP contribution in [0.5, 0.6) is 0 Å². The van der Waals surface area contributed by atoms with E-state index in [9.17, 15) is 9.90 Å². The number of fused-ring (bicyclic) bond motifs is 1. The lowest BCUT2D eigenvalue weighted by molar-refractivity contribution is -0.132. The van der Waals surface area contributed by atoms with Crippen molar-refractivity contribution in [1.29, 1.82) is 0 Å². The quantitative estimate of drug-likeness (QED) is 0.900. The van der Waals surface area contributed by atoms with Crippen LogP contribution in [0.1, 0.15) is 42.8 Å². The summed E-state index contributed by atoms with van der Waals surface area (Å²) in [5, 5.41) is 18.1. The summed E-state index contributed by atoms with van der Waals surface area (Å²) in [6.45, 7) is 2.26. The molecule has 2 heterocycles. The van der Waals surface area contributed by atoms with Gasteiger partial charge in [-0.05, 0) is 25.7 Å². The summed E-state index contributed by atoms with van der Waals surface area (Å²) >= 11 is 1.51. The highest BCUT2D eigenvalue weighted by atomic mass is 32.1. The number of carbonyl (C=O) groups is 1. The van der Waals surface area contributed by atoms with Gasteiger partial charge < -0.3 is 10.4 Å². The highest BCUT2D eigenvalue weighted by Crippen LogP contribution is 2.26. The lowest BCUT2D eigenvalue weighted by Crippen LogP contribution is -2.39. The van der Waals surface area contributed by atoms with Crippen LogP contribution in [-0.2, 0) is 11.3 Å². The van der Waals surface area contributed by atoms with E-state index in [2.05, 4.69) is 15.4 Å². The summed E-state index contributed by atoms with van der Waals surface area (Å²) in [7, 11) is 0. The van der Waals surface area contributed by atoms with E-state index >= 15 is 0 Å². The number of aliphatic hydroxyl groups is 1. The fourth-order valence-corrected chi connectivity index (χ4v) is 3.62. The summed E-state index contributed by atoms with van der Waals surface area (Å²) in [4.78, 5) is 17.2. The molecule has 21 heavy (non-hydrogen) atoms. The van der Waals surface area contributed by atoms with Gasteiger partial charge in [-0.15, -0.1) is 0 Å². The molecule has 0 aliphatic heterocycles. The number of rotatable bonds is 4. The first-order chi connectivity index (χ1) is 10.1. The lowest BCUT2D eigenvalue weighted by Gasteiger charge is -2.25. The molecule has 2 N–H and O–H groups in total. The topological polar surface area (TPSA) is 79.5 Å². The third kappa shape index (κ3) is 3.24. The van der Waals surface area contributed by atoms with E-state index in [1.165, 1.54) is 17.8 Å². The van der Waals surface area contributed by atoms with Gasteiger partial charge in [-0.2, -0.15) is 5.10 Å². The van der Waals surface area contributed by atoms with Crippen molar-refractivity contribution in [2.45, 2.75) is 51.7 Å². The van der Waals surface area contributed by atoms with E-state index in [1.807, 2.05) is 13.1 Å². The van der Waals surface area contributed by atoms with Crippen molar-refractivity contribution in [3.63, 3.8) is 0 Å². The van der Waals surface area contributed by atoms with Crippen LogP contribution in [0, 0.1) is 12.8 Å². The number of nitrogens with one attached hydrogen (secondary N) is 1. The average molecular weight is 308 g/mol. The number of hydrogen-bond acceptors (Lipinski definition) is 5. The zero-order valence-corrected chi connectivity index (χ0v) is 12.9. The Morgan fingerprint density at radius 3 is 3.00 bits per heavy atom. The molecule has 1 aliphatic rings. The molecular formula is C14H20N4O2S. The maximum absolute atomic E-state index is 12.0. The predicted octanol–water partition coefficient (Wildman–Crippen LogP) is 1.66. The number of aromatic nitrogens is 3. The minimum Gasteiger partial charge on any atom is -0.383 e. The first-order valence-corrected chi connectivity index (χ1v) is 8.22. The SMILES string of the molecule is Cc1nn2cc(CNC(=O)[C@H](O)C3CCCCC3)nc2s1. The van der Waals surface area contributed by atoms with Gasteiger partial charge in [0.2, 0.25) is 10.9 Å². The maximum atomic E-state index is 12.0. The Bertz CT molecular complexity index is 598. The first kappa shape index (κ1) is 14.5. The molecule has 0 spiro atoms. The summed E-state index contributed by atoms with van der Waals surface area (Å²) in [5.74, 6) is -0.184. The largest absolute Gasteiger partial charge is 0.383 e. The Morgan fingerprint density at radius 2 is 2.29 bits per heavy atom. The smallest absolute Gasteiger partial charge is 0.249 e. The molecule has 6 nitrogen and oxygen atoms in total. The molecule has 1 saturated carbocycles. The molecule has 0 saturated heterocycles. The van der Waals surface area contributed by atoms with Crippen molar-refractivity contribution in [3.05, 3.63) is 16.9 Å². The first-order valence-electron chi connectivity index (χ1n) is 7.41. The van der Waals surface area contributed by atoms with Gasteiger partial charge in [-0.3, -0.25) is 4.79 Å². The van der Waals surface area contributed by atoms with Crippen LogP contribution in [0.25, 0.3) is 4.96 Å². The molecule has 1 amide bonds. The van der Waals surface area contributed by atoms with Crippen LogP contribution in [0.3, 0.4) is 0 Å². The molecule has 7 heteroatoms. The number of nitrogens with zero attached hydrogens (tertiary/aromatic N) is 3. The standard InChI is InChI=1S/C14H20N4O2S/c1-9-17-18-8-11(16-14(18)21-9)7-15-13(20)12(19)10-5-3-2-4-6-10/h8,10,12,19H,2-7H2,1H3,(H,15,20)/t12-/m1/s1. The van der Waals surface area contributed by atoms with Gasteiger partial charge in [0.25, 0.3) is 0 Å². The Balaban J connectivity index is 1.55. The van der Waals surface area contributed by atoms with Crippen molar-refractivity contribution >= 4 is 22.2 Å². The Morgan fingerprint density at radius 1 is 1.52 bits per heavy atom. The monoisotopic (exact) mass is 308 g/mol. The third-order valence-corrected chi connectivity index (χ3v) is 4.84. The normalized spacial score (nSPS) is 18.0. The van der Waals surface area contributed by atoms with E-state index < -0.39 is 6.10 Å². The van der Waals surface area contributed by atoms with Crippen LogP contribution < -0.4 is 5.32 Å². The van der Waals surface area contributed by atoms with Gasteiger partial charge >= 0.3 is 0 Å². The second kappa shape index (κ2) is 6.11. The van der Waals surface area contributed by atoms with Crippen LogP contribution in [0.4, 0.5) is 0 Å². The highest BCUT2D eigenvalue weighted by Gasteiger charge is 2.27. The molecule has 0 radical (unpaired) electrons. The van der Waals surface area contributed by atoms with Crippen molar-refractivity contribution in [3.8, 4) is 0 Å². The van der Waals surface area contributed by atoms with Gasteiger partial charge in [0, 0.05) is 0 Å². The maximum Gasteiger partial charge on any atom is 0.249 e. The summed E-state index contributed by atoms with van der Waals surface area (Å²) in [6, 6.07) is 0. The van der Waals surface area contributed by atoms with Gasteiger partial charge in [-0.25, -0.2) is 9.50 Å². The Hall–Kier alpha value is -1.47. The summed E-state index contributed by atoms with van der Waals surface area (Å²) in [5.41, 5.74) is 0.762. The van der Waals surface area contributed by atoms with Crippen molar-refractivity contribution in [1.82, 2.24) is 19.9 Å². The van der Waals surface area contributed by atoms with Crippen LogP contribution in [0.2, 0.25) is 0 Å². The fraction of sp³-hybridized carbons (Fsp3) is 0.643. The molecule has 0 unspecified atom stereocenters. The minimum absolute atomic E-state index is 0.105. The molecule has 114 valence electrons. The van der Waals surface area contributed by atoms with E-state index in [0.717, 1.165) is 41.3 Å². The Kier molecular flexibility index (Phi) is 4.21. The van der Waals surface area contributed by atoms with Crippen LogP contribution in [0.15, 0.2) is 6.20 Å². The molecule has 1 atom stereocenters. The lowest BCUT2D eigenvalue weighted by atomic mass is 9.85. The number of aliphatic hydroxyl groups excluding tert-OH is 1. The molecule has 1 fully saturated rings. The number of hydrogen-bond donors (Lipinski definition) is 2. The molecule has 2 aromatic rings. The molecular weight excluding hydrogens is 288 g/mol. The second-order valence-corrected chi connectivity index (χ2v) is 6.80. The number of carbonyl (C=O) groups excluding carboxylic acids is 1. The molecule has 0 aromatic carbocycles. The van der Waals surface area contributed by atoms with Gasteiger partial charge in [0.05, 0.1) is 18.4 Å². The molecule has 2 aromatic heterocycles. The number of imidazole rings is 1. The summed E-state index contributed by atoms with van der Waals surface area (Å²) in [6.07, 6.45) is 6.23. The Labute approximate surface area is 127 Å². The van der Waals surface area contributed by atoms with E-state index in [0.29, 0.717) is 6.54 Å². The van der Waals surface area contributed by atoms with Gasteiger partial charge in [0.1, 0.15) is 11.1 Å². The molecule has 1 aliphatic carbocycles. The number of amides is 1. The van der Waals surface area contributed by atoms with Crippen molar-refractivity contribution in [2.75, 3.05) is 0 Å². The van der Waals surface area contributed by atoms with Gasteiger partial charge in [-0.1, -0.05) is 30.6 Å². The van der Waals surface area contributed by atoms with Gasteiger partial charge in [0.15, 0.2) is 0 Å². The van der Waals surface area contributed by atoms with Crippen molar-refractivity contribution in [2.24, 2.45) is 5.92 Å². The highest BCUT2D eigenvalue weighted by molar-refractivity contribution is 7.16. The van der Waals surface area contributed by atoms with E-state index in [1.54, 1.807) is 4.52 Å².